The molecule has 0 saturated carbocycles. The fraction of sp³-hybridized carbons (Fsp3) is 0.385. The Morgan fingerprint density at radius 3 is 1.73 bits per heavy atom. The molecule has 0 unspecified atom stereocenters. The van der Waals surface area contributed by atoms with Crippen LogP contribution in [0.15, 0.2) is 43.0 Å². The molecule has 0 aromatic rings. The molecule has 15 heavy (non-hydrogen) atoms. The van der Waals surface area contributed by atoms with Crippen molar-refractivity contribution in [3.63, 3.8) is 0 Å². The molecule has 0 heterocycles. The summed E-state index contributed by atoms with van der Waals surface area (Å²) in [6.07, 6.45) is 16.3. The number of rotatable bonds is 3. The van der Waals surface area contributed by atoms with Crippen molar-refractivity contribution in [3.8, 4) is 0 Å². The van der Waals surface area contributed by atoms with Crippen molar-refractivity contribution in [1.29, 1.82) is 0 Å². The Balaban J connectivity index is 0.00000112. The Bertz CT molecular complexity index is 304. The molecule has 0 radical (unpaired) electrons. The van der Waals surface area contributed by atoms with Gasteiger partial charge in [0.2, 0.25) is 0 Å². The van der Waals surface area contributed by atoms with Crippen LogP contribution >= 0.6 is 0 Å². The molecule has 0 N–H and O–H groups in total. The van der Waals surface area contributed by atoms with E-state index in [-0.39, 0.29) is 12.4 Å². The summed E-state index contributed by atoms with van der Waals surface area (Å²) in [4.78, 5) is 0. The first-order chi connectivity index (χ1) is 6.79. The van der Waals surface area contributed by atoms with E-state index < -0.39 is 21.8 Å². The van der Waals surface area contributed by atoms with Gasteiger partial charge in [0.05, 0.1) is 0 Å². The molecule has 2 heteroatoms. The largest absolute Gasteiger partial charge is 1.00 e. The maximum absolute atomic E-state index is 2.41. The standard InChI is InChI=1S/2C5H5.C3H7.ClH.Zr/c2*1-2-4-5-3-1;1-3-2;;/h2*1-3H,4H2;3H,1-2H3;1H;/q;;;;+1/p-1. The maximum atomic E-state index is 2.41. The van der Waals surface area contributed by atoms with Crippen molar-refractivity contribution < 1.29 is 34.2 Å². The summed E-state index contributed by atoms with van der Waals surface area (Å²) in [6, 6.07) is 0. The Morgan fingerprint density at radius 2 is 1.47 bits per heavy atom. The molecular formula is C13H17ClZr. The minimum Gasteiger partial charge on any atom is -1.00 e. The van der Waals surface area contributed by atoms with Crippen LogP contribution in [0.3, 0.4) is 0 Å². The van der Waals surface area contributed by atoms with Crippen molar-refractivity contribution in [2.45, 2.75) is 30.3 Å². The molecule has 2 aliphatic rings. The smallest absolute Gasteiger partial charge is 1.00 e. The van der Waals surface area contributed by atoms with Gasteiger partial charge in [0.15, 0.2) is 0 Å². The van der Waals surface area contributed by atoms with Crippen LogP contribution in [0.5, 0.6) is 0 Å². The Labute approximate surface area is 107 Å². The third-order valence-corrected chi connectivity index (χ3v) is 10.9. The van der Waals surface area contributed by atoms with E-state index in [0.29, 0.717) is 0 Å². The Hall–Kier alpha value is 0.133. The van der Waals surface area contributed by atoms with Gasteiger partial charge in [-0.2, -0.15) is 0 Å². The van der Waals surface area contributed by atoms with Crippen molar-refractivity contribution in [3.05, 3.63) is 43.0 Å². The second kappa shape index (κ2) is 6.01. The van der Waals surface area contributed by atoms with Crippen LogP contribution < -0.4 is 12.4 Å². The maximum Gasteiger partial charge on any atom is -1.00 e. The normalized spacial score (nSPS) is 17.8. The predicted molar refractivity (Wildman–Crippen MR) is 58.8 cm³/mol. The van der Waals surface area contributed by atoms with E-state index in [1.54, 1.807) is 6.56 Å². The summed E-state index contributed by atoms with van der Waals surface area (Å²) in [5, 5.41) is 0. The molecule has 0 bridgehead atoms. The van der Waals surface area contributed by atoms with Crippen LogP contribution in [-0.2, 0) is 21.8 Å². The second-order valence-corrected chi connectivity index (χ2v) is 12.2. The average Bonchev–Trinajstić information content (AvgIpc) is 2.75. The minimum absolute atomic E-state index is 0. The molecule has 0 amide bonds. The third kappa shape index (κ3) is 3.05. The molecule has 80 valence electrons. The van der Waals surface area contributed by atoms with Crippen molar-refractivity contribution in [2.75, 3.05) is 0 Å². The van der Waals surface area contributed by atoms with Gasteiger partial charge in [0.1, 0.15) is 0 Å². The molecule has 0 aliphatic heterocycles. The van der Waals surface area contributed by atoms with Gasteiger partial charge in [-0.1, -0.05) is 0 Å². The molecule has 0 spiro atoms. The summed E-state index contributed by atoms with van der Waals surface area (Å²) in [5.41, 5.74) is 0. The second-order valence-electron chi connectivity index (χ2n) is 4.22. The van der Waals surface area contributed by atoms with Gasteiger partial charge in [0, 0.05) is 0 Å². The van der Waals surface area contributed by atoms with Crippen LogP contribution in [0.25, 0.3) is 0 Å². The van der Waals surface area contributed by atoms with Gasteiger partial charge in [-0.3, -0.25) is 0 Å². The molecule has 0 atom stereocenters. The predicted octanol–water partition coefficient (Wildman–Crippen LogP) is 1.12. The summed E-state index contributed by atoms with van der Waals surface area (Å²) >= 11 is -1.43. The number of allylic oxidation sites excluding steroid dienone is 8. The van der Waals surface area contributed by atoms with Crippen molar-refractivity contribution >= 4 is 0 Å². The zero-order chi connectivity index (χ0) is 9.97. The molecule has 0 aromatic heterocycles. The number of hydrogen-bond donors (Lipinski definition) is 0. The fourth-order valence-corrected chi connectivity index (χ4v) is 9.92. The molecular weight excluding hydrogens is 283 g/mol. The van der Waals surface area contributed by atoms with E-state index in [2.05, 4.69) is 50.3 Å². The summed E-state index contributed by atoms with van der Waals surface area (Å²) in [5.74, 6) is 0. The summed E-state index contributed by atoms with van der Waals surface area (Å²) < 4.78 is 4.49. The quantitative estimate of drug-likeness (QED) is 0.733. The SMILES string of the molecule is C[CH](C)[Zr+]([C]1=CC=CC1)[C]1=CC=CC1.[Cl-]. The van der Waals surface area contributed by atoms with Crippen LogP contribution in [0, 0.1) is 0 Å². The first kappa shape index (κ1) is 13.2. The van der Waals surface area contributed by atoms with Gasteiger partial charge < -0.3 is 12.4 Å². The van der Waals surface area contributed by atoms with E-state index in [1.807, 2.05) is 0 Å². The zero-order valence-electron chi connectivity index (χ0n) is 9.33. The fourth-order valence-electron chi connectivity index (χ4n) is 2.24. The zero-order valence-corrected chi connectivity index (χ0v) is 12.5. The minimum atomic E-state index is -1.43. The van der Waals surface area contributed by atoms with E-state index in [0.717, 1.165) is 3.63 Å². The number of halogens is 1. The van der Waals surface area contributed by atoms with Crippen molar-refractivity contribution in [1.82, 2.24) is 0 Å². The third-order valence-electron chi connectivity index (χ3n) is 2.81. The van der Waals surface area contributed by atoms with Crippen LogP contribution in [0.2, 0.25) is 3.63 Å². The van der Waals surface area contributed by atoms with Gasteiger partial charge in [-0.25, -0.2) is 0 Å². The van der Waals surface area contributed by atoms with Crippen molar-refractivity contribution in [2.24, 2.45) is 0 Å². The monoisotopic (exact) mass is 298 g/mol. The van der Waals surface area contributed by atoms with Crippen LogP contribution in [0.1, 0.15) is 26.7 Å². The van der Waals surface area contributed by atoms with E-state index in [4.69, 9.17) is 0 Å². The van der Waals surface area contributed by atoms with Gasteiger partial charge in [0.25, 0.3) is 0 Å². The van der Waals surface area contributed by atoms with E-state index >= 15 is 0 Å². The first-order valence-electron chi connectivity index (χ1n) is 5.38. The van der Waals surface area contributed by atoms with E-state index in [1.165, 1.54) is 12.8 Å². The molecule has 0 nitrogen and oxygen atoms in total. The topological polar surface area (TPSA) is 0 Å². The molecule has 2 aliphatic carbocycles. The molecule has 0 aromatic carbocycles. The average molecular weight is 300 g/mol. The van der Waals surface area contributed by atoms with Gasteiger partial charge >= 0.3 is 95.1 Å². The number of hydrogen-bond acceptors (Lipinski definition) is 0. The summed E-state index contributed by atoms with van der Waals surface area (Å²) in [7, 11) is 0. The molecule has 0 fully saturated rings. The van der Waals surface area contributed by atoms with Crippen LogP contribution in [0.4, 0.5) is 0 Å². The van der Waals surface area contributed by atoms with E-state index in [9.17, 15) is 0 Å². The first-order valence-corrected chi connectivity index (χ1v) is 9.25. The van der Waals surface area contributed by atoms with Gasteiger partial charge in [-0.15, -0.1) is 0 Å². The van der Waals surface area contributed by atoms with Crippen LogP contribution in [-0.4, -0.2) is 0 Å². The summed E-state index contributed by atoms with van der Waals surface area (Å²) in [6.45, 7) is 4.82. The Kier molecular flexibility index (Phi) is 5.29. The van der Waals surface area contributed by atoms with Gasteiger partial charge in [-0.05, 0) is 0 Å². The molecule has 2 rings (SSSR count). The Morgan fingerprint density at radius 1 is 1.00 bits per heavy atom. The molecule has 0 saturated heterocycles.